The maximum Gasteiger partial charge on any atom is 0.179 e. The fourth-order valence-electron chi connectivity index (χ4n) is 2.24. The fraction of sp³-hybridized carbons (Fsp3) is 0.125. The summed E-state index contributed by atoms with van der Waals surface area (Å²) in [6.45, 7) is 1.81. The Morgan fingerprint density at radius 2 is 1.46 bits per heavy atom. The van der Waals surface area contributed by atoms with Crippen molar-refractivity contribution in [3.05, 3.63) is 53.2 Å². The molecule has 0 aliphatic carbocycles. The molecule has 0 aliphatic heterocycles. The van der Waals surface area contributed by atoms with Gasteiger partial charge < -0.3 is 0 Å². The number of aromatic nitrogens is 2. The maximum absolute atomic E-state index is 11.5. The van der Waals surface area contributed by atoms with Crippen LogP contribution in [0.15, 0.2) is 47.4 Å². The van der Waals surface area contributed by atoms with Crippen molar-refractivity contribution >= 4 is 72.0 Å². The molecule has 0 amide bonds. The van der Waals surface area contributed by atoms with Crippen molar-refractivity contribution in [1.29, 1.82) is 0 Å². The molecule has 0 spiro atoms. The number of hydrogen-bond donors (Lipinski definition) is 0. The Kier molecular flexibility index (Phi) is 7.49. The smallest absolute Gasteiger partial charge is 0.179 e. The standard InChI is InChI=1S/C16H13ClN2O2S.Cl3P/c1-10-16(17)14-9-12(5-8-15(14)19-18-10)11-3-6-13(7-4-11)22(2,20)21;1-4(2)3/h3-9H,1-2H3;. The van der Waals surface area contributed by atoms with Crippen molar-refractivity contribution in [3.63, 3.8) is 0 Å². The number of rotatable bonds is 2. The summed E-state index contributed by atoms with van der Waals surface area (Å²) < 4.78 is 23.0. The average Bonchev–Trinajstić information content (AvgIpc) is 2.57. The third-order valence-corrected chi connectivity index (χ3v) is 5.08. The zero-order chi connectivity index (χ0) is 19.5. The molecule has 3 rings (SSSR count). The number of fused-ring (bicyclic) bond motifs is 1. The summed E-state index contributed by atoms with van der Waals surface area (Å²) in [5, 5.41) is 9.52. The summed E-state index contributed by atoms with van der Waals surface area (Å²) in [6.07, 6.45) is 1.19. The Labute approximate surface area is 172 Å². The van der Waals surface area contributed by atoms with Crippen molar-refractivity contribution in [3.8, 4) is 11.1 Å². The zero-order valence-corrected chi connectivity index (χ0v) is 18.4. The first kappa shape index (κ1) is 21.6. The molecule has 0 saturated carbocycles. The second-order valence-electron chi connectivity index (χ2n) is 5.32. The molecule has 0 bridgehead atoms. The lowest BCUT2D eigenvalue weighted by molar-refractivity contribution is 0.602. The van der Waals surface area contributed by atoms with Crippen LogP contribution in [0.2, 0.25) is 5.02 Å². The highest BCUT2D eigenvalue weighted by molar-refractivity contribution is 8.20. The first-order valence-corrected chi connectivity index (χ1v) is 13.4. The van der Waals surface area contributed by atoms with Crippen molar-refractivity contribution in [2.75, 3.05) is 6.26 Å². The molecule has 0 saturated heterocycles. The van der Waals surface area contributed by atoms with Crippen LogP contribution < -0.4 is 0 Å². The van der Waals surface area contributed by atoms with Crippen LogP contribution in [0.3, 0.4) is 0 Å². The lowest BCUT2D eigenvalue weighted by Crippen LogP contribution is -1.96. The molecule has 0 radical (unpaired) electrons. The van der Waals surface area contributed by atoms with Gasteiger partial charge in [0.15, 0.2) is 15.8 Å². The summed E-state index contributed by atoms with van der Waals surface area (Å²) in [5.41, 5.74) is 3.27. The summed E-state index contributed by atoms with van der Waals surface area (Å²) in [6, 6.07) is 12.5. The van der Waals surface area contributed by atoms with Crippen molar-refractivity contribution in [2.24, 2.45) is 0 Å². The van der Waals surface area contributed by atoms with Gasteiger partial charge in [0.2, 0.25) is 0 Å². The van der Waals surface area contributed by atoms with Crippen LogP contribution in [0.1, 0.15) is 5.69 Å². The number of hydrogen-bond acceptors (Lipinski definition) is 4. The molecular weight excluding hydrogens is 457 g/mol. The van der Waals surface area contributed by atoms with E-state index in [1.807, 2.05) is 25.1 Å². The van der Waals surface area contributed by atoms with Crippen molar-refractivity contribution < 1.29 is 8.42 Å². The predicted octanol–water partition coefficient (Wildman–Crippen LogP) is 6.59. The third kappa shape index (κ3) is 5.66. The molecule has 4 nitrogen and oxygen atoms in total. The van der Waals surface area contributed by atoms with E-state index >= 15 is 0 Å². The van der Waals surface area contributed by atoms with Gasteiger partial charge in [0.1, 0.15) is 0 Å². The van der Waals surface area contributed by atoms with Crippen LogP contribution in [-0.4, -0.2) is 24.9 Å². The van der Waals surface area contributed by atoms with Gasteiger partial charge in [0, 0.05) is 11.6 Å². The molecule has 0 N–H and O–H groups in total. The third-order valence-electron chi connectivity index (χ3n) is 3.47. The van der Waals surface area contributed by atoms with E-state index < -0.39 is 15.8 Å². The Morgan fingerprint density at radius 1 is 0.923 bits per heavy atom. The summed E-state index contributed by atoms with van der Waals surface area (Å²) in [7, 11) is -3.19. The summed E-state index contributed by atoms with van der Waals surface area (Å²) >= 11 is 20.9. The van der Waals surface area contributed by atoms with E-state index in [-0.39, 0.29) is 0 Å². The average molecular weight is 470 g/mol. The minimum Gasteiger partial charge on any atom is -0.224 e. The molecule has 0 atom stereocenters. The van der Waals surface area contributed by atoms with E-state index in [1.54, 1.807) is 24.3 Å². The van der Waals surface area contributed by atoms with Gasteiger partial charge in [-0.1, -0.05) is 63.5 Å². The Bertz CT molecular complexity index is 1030. The van der Waals surface area contributed by atoms with Gasteiger partial charge in [-0.05, 0) is 42.3 Å². The number of benzene rings is 2. The molecule has 3 aromatic rings. The van der Waals surface area contributed by atoms with Gasteiger partial charge >= 0.3 is 0 Å². The fourth-order valence-corrected chi connectivity index (χ4v) is 3.06. The van der Waals surface area contributed by atoms with Gasteiger partial charge in [0.05, 0.1) is 21.1 Å². The van der Waals surface area contributed by atoms with Gasteiger partial charge in [-0.15, -0.1) is 0 Å². The van der Waals surface area contributed by atoms with E-state index in [2.05, 4.69) is 10.2 Å². The minimum atomic E-state index is -3.19. The van der Waals surface area contributed by atoms with Crippen molar-refractivity contribution in [1.82, 2.24) is 10.2 Å². The van der Waals surface area contributed by atoms with Gasteiger partial charge in [-0.2, -0.15) is 10.2 Å². The maximum atomic E-state index is 11.5. The monoisotopic (exact) mass is 468 g/mol. The van der Waals surface area contributed by atoms with E-state index in [9.17, 15) is 8.42 Å². The molecule has 1 heterocycles. The van der Waals surface area contributed by atoms with Crippen LogP contribution in [0.4, 0.5) is 0 Å². The highest BCUT2D eigenvalue weighted by Gasteiger charge is 2.09. The second-order valence-corrected chi connectivity index (χ2v) is 12.7. The molecule has 26 heavy (non-hydrogen) atoms. The molecular formula is C16H13Cl4N2O2PS. The lowest BCUT2D eigenvalue weighted by atomic mass is 10.0. The van der Waals surface area contributed by atoms with Crippen LogP contribution in [-0.2, 0) is 9.84 Å². The summed E-state index contributed by atoms with van der Waals surface area (Å²) in [4.78, 5) is 0.303. The largest absolute Gasteiger partial charge is 0.224 e. The highest BCUT2D eigenvalue weighted by atomic mass is 36.0. The Hall–Kier alpha value is -0.680. The number of sulfone groups is 1. The molecule has 138 valence electrons. The SMILES string of the molecule is Cc1nnc2ccc(-c3ccc(S(C)(=O)=O)cc3)cc2c1Cl.ClP(Cl)Cl. The molecule has 2 aromatic carbocycles. The van der Waals surface area contributed by atoms with E-state index in [4.69, 9.17) is 45.3 Å². The van der Waals surface area contributed by atoms with Crippen molar-refractivity contribution in [2.45, 2.75) is 11.8 Å². The van der Waals surface area contributed by atoms with Crippen LogP contribution in [0.5, 0.6) is 0 Å². The topological polar surface area (TPSA) is 59.9 Å². The van der Waals surface area contributed by atoms with Gasteiger partial charge in [-0.3, -0.25) is 0 Å². The van der Waals surface area contributed by atoms with E-state index in [0.717, 1.165) is 22.0 Å². The Morgan fingerprint density at radius 3 is 2.00 bits per heavy atom. The number of nitrogens with zero attached hydrogens (tertiary/aromatic N) is 2. The second kappa shape index (κ2) is 9.01. The predicted molar refractivity (Wildman–Crippen MR) is 112 cm³/mol. The van der Waals surface area contributed by atoms with E-state index in [0.29, 0.717) is 15.6 Å². The molecule has 0 aliphatic rings. The highest BCUT2D eigenvalue weighted by Crippen LogP contribution is 2.51. The lowest BCUT2D eigenvalue weighted by Gasteiger charge is -2.07. The van der Waals surface area contributed by atoms with E-state index in [1.165, 1.54) is 6.26 Å². The Balaban J connectivity index is 0.000000552. The quantitative estimate of drug-likeness (QED) is 0.397. The number of halogens is 4. The van der Waals surface area contributed by atoms with Gasteiger partial charge in [0.25, 0.3) is 0 Å². The van der Waals surface area contributed by atoms with Crippen LogP contribution in [0.25, 0.3) is 22.0 Å². The van der Waals surface area contributed by atoms with Crippen LogP contribution in [0, 0.1) is 6.92 Å². The summed E-state index contributed by atoms with van der Waals surface area (Å²) in [5.74, 6) is -1.20. The normalized spacial score (nSPS) is 11.3. The minimum absolute atomic E-state index is 0.303. The number of aryl methyl sites for hydroxylation is 1. The first-order chi connectivity index (χ1) is 12.1. The van der Waals surface area contributed by atoms with Crippen LogP contribution >= 0.6 is 51.3 Å². The first-order valence-electron chi connectivity index (χ1n) is 7.10. The molecule has 0 fully saturated rings. The molecule has 1 aromatic heterocycles. The zero-order valence-electron chi connectivity index (χ0n) is 13.6. The molecule has 10 heteroatoms. The van der Waals surface area contributed by atoms with Gasteiger partial charge in [-0.25, -0.2) is 8.42 Å². The molecule has 0 unspecified atom stereocenters.